The molecule has 25 heavy (non-hydrogen) atoms. The van der Waals surface area contributed by atoms with Gasteiger partial charge in [0.15, 0.2) is 0 Å². The first-order valence-electron chi connectivity index (χ1n) is 9.17. The number of likely N-dealkylation sites (tertiary alicyclic amines) is 1. The van der Waals surface area contributed by atoms with Gasteiger partial charge < -0.3 is 19.1 Å². The molecule has 6 nitrogen and oxygen atoms in total. The average molecular weight is 366 g/mol. The molecular formula is C18H26N2O4S. The zero-order valence-electron chi connectivity index (χ0n) is 14.7. The van der Waals surface area contributed by atoms with Gasteiger partial charge in [-0.3, -0.25) is 4.79 Å². The Hall–Kier alpha value is -1.02. The summed E-state index contributed by atoms with van der Waals surface area (Å²) in [6.07, 6.45) is 3.67. The number of carbonyl (C=O) groups is 1. The van der Waals surface area contributed by atoms with Gasteiger partial charge >= 0.3 is 0 Å². The maximum absolute atomic E-state index is 12.6. The van der Waals surface area contributed by atoms with Crippen molar-refractivity contribution in [1.82, 2.24) is 9.88 Å². The molecule has 1 aromatic rings. The molecule has 0 aliphatic carbocycles. The first kappa shape index (κ1) is 17.4. The van der Waals surface area contributed by atoms with Crippen molar-refractivity contribution in [2.75, 3.05) is 32.9 Å². The third-order valence-corrected chi connectivity index (χ3v) is 6.24. The van der Waals surface area contributed by atoms with Gasteiger partial charge in [-0.2, -0.15) is 0 Å². The molecule has 3 aliphatic heterocycles. The van der Waals surface area contributed by atoms with E-state index in [-0.39, 0.29) is 23.5 Å². The van der Waals surface area contributed by atoms with Crippen LogP contribution in [0.25, 0.3) is 0 Å². The van der Waals surface area contributed by atoms with Crippen LogP contribution in [0.5, 0.6) is 0 Å². The van der Waals surface area contributed by atoms with E-state index in [4.69, 9.17) is 14.2 Å². The lowest BCUT2D eigenvalue weighted by Crippen LogP contribution is -2.68. The van der Waals surface area contributed by atoms with Crippen LogP contribution in [0.15, 0.2) is 5.38 Å². The van der Waals surface area contributed by atoms with Crippen LogP contribution >= 0.6 is 11.3 Å². The minimum Gasteiger partial charge on any atom is -0.381 e. The largest absolute Gasteiger partial charge is 0.381 e. The summed E-state index contributed by atoms with van der Waals surface area (Å²) in [5, 5.41) is 3.13. The second kappa shape index (κ2) is 7.31. The monoisotopic (exact) mass is 366 g/mol. The molecule has 1 amide bonds. The molecule has 3 fully saturated rings. The zero-order chi connectivity index (χ0) is 17.3. The normalized spacial score (nSPS) is 26.6. The Kier molecular flexibility index (Phi) is 5.08. The van der Waals surface area contributed by atoms with Gasteiger partial charge in [0.1, 0.15) is 5.60 Å². The van der Waals surface area contributed by atoms with E-state index in [1.54, 1.807) is 11.3 Å². The lowest BCUT2D eigenvalue weighted by atomic mass is 9.83. The third kappa shape index (κ3) is 3.89. The first-order valence-corrected chi connectivity index (χ1v) is 10.0. The molecule has 7 heteroatoms. The first-order chi connectivity index (χ1) is 12.1. The van der Waals surface area contributed by atoms with Gasteiger partial charge in [-0.15, -0.1) is 11.3 Å². The Morgan fingerprint density at radius 3 is 2.88 bits per heavy atom. The standard InChI is InChI=1S/C18H26N2O4S/c1-13-19-15(10-25-13)9-23-16-4-7-24-18(8-16)11-20(12-18)17(21)14-2-5-22-6-3-14/h10,14,16H,2-9,11-12H2,1H3/t16-/m1/s1. The number of carbonyl (C=O) groups excluding carboxylic acids is 1. The molecule has 0 bridgehead atoms. The van der Waals surface area contributed by atoms with Crippen molar-refractivity contribution < 1.29 is 19.0 Å². The lowest BCUT2D eigenvalue weighted by Gasteiger charge is -2.53. The van der Waals surface area contributed by atoms with Gasteiger partial charge in [0.05, 0.1) is 36.5 Å². The molecular weight excluding hydrogens is 340 g/mol. The van der Waals surface area contributed by atoms with E-state index in [2.05, 4.69) is 10.4 Å². The summed E-state index contributed by atoms with van der Waals surface area (Å²) in [4.78, 5) is 19.0. The van der Waals surface area contributed by atoms with E-state index in [0.717, 1.165) is 36.4 Å². The molecule has 1 aromatic heterocycles. The third-order valence-electron chi connectivity index (χ3n) is 5.42. The number of aromatic nitrogens is 1. The van der Waals surface area contributed by atoms with E-state index in [0.29, 0.717) is 39.5 Å². The summed E-state index contributed by atoms with van der Waals surface area (Å²) < 4.78 is 17.5. The molecule has 0 saturated carbocycles. The Balaban J connectivity index is 1.26. The number of aryl methyl sites for hydroxylation is 1. The second-order valence-corrected chi connectivity index (χ2v) is 8.46. The molecule has 3 aliphatic rings. The van der Waals surface area contributed by atoms with Crippen LogP contribution in [-0.2, 0) is 25.6 Å². The fraction of sp³-hybridized carbons (Fsp3) is 0.778. The summed E-state index contributed by atoms with van der Waals surface area (Å²) in [6.45, 7) is 6.11. The van der Waals surface area contributed by atoms with Crippen LogP contribution in [0, 0.1) is 12.8 Å². The summed E-state index contributed by atoms with van der Waals surface area (Å²) in [5.41, 5.74) is 0.815. The number of ether oxygens (including phenoxy) is 3. The number of rotatable bonds is 4. The number of hydrogen-bond acceptors (Lipinski definition) is 6. The van der Waals surface area contributed by atoms with E-state index >= 15 is 0 Å². The number of hydrogen-bond donors (Lipinski definition) is 0. The van der Waals surface area contributed by atoms with E-state index in [9.17, 15) is 4.79 Å². The van der Waals surface area contributed by atoms with E-state index in [1.165, 1.54) is 0 Å². The minimum absolute atomic E-state index is 0.134. The quantitative estimate of drug-likeness (QED) is 0.817. The Morgan fingerprint density at radius 1 is 1.36 bits per heavy atom. The van der Waals surface area contributed by atoms with Gasteiger partial charge in [0.25, 0.3) is 0 Å². The van der Waals surface area contributed by atoms with Gasteiger partial charge in [-0.1, -0.05) is 0 Å². The van der Waals surface area contributed by atoms with Gasteiger partial charge in [-0.05, 0) is 26.2 Å². The smallest absolute Gasteiger partial charge is 0.226 e. The molecule has 3 saturated heterocycles. The molecule has 1 spiro atoms. The molecule has 0 N–H and O–H groups in total. The Morgan fingerprint density at radius 2 is 2.16 bits per heavy atom. The van der Waals surface area contributed by atoms with E-state index in [1.807, 2.05) is 11.8 Å². The van der Waals surface area contributed by atoms with Crippen LogP contribution in [0.3, 0.4) is 0 Å². The Labute approximate surface area is 152 Å². The molecule has 138 valence electrons. The molecule has 4 rings (SSSR count). The number of nitrogens with zero attached hydrogens (tertiary/aromatic N) is 2. The zero-order valence-corrected chi connectivity index (χ0v) is 15.6. The summed E-state index contributed by atoms with van der Waals surface area (Å²) in [6, 6.07) is 0. The predicted octanol–water partition coefficient (Wildman–Crippen LogP) is 2.15. The summed E-state index contributed by atoms with van der Waals surface area (Å²) >= 11 is 1.65. The predicted molar refractivity (Wildman–Crippen MR) is 93.5 cm³/mol. The highest BCUT2D eigenvalue weighted by Crippen LogP contribution is 2.37. The van der Waals surface area contributed by atoms with Crippen LogP contribution in [0.2, 0.25) is 0 Å². The van der Waals surface area contributed by atoms with Gasteiger partial charge in [0, 0.05) is 37.5 Å². The highest BCUT2D eigenvalue weighted by molar-refractivity contribution is 7.09. The van der Waals surface area contributed by atoms with Crippen molar-refractivity contribution in [2.24, 2.45) is 5.92 Å². The average Bonchev–Trinajstić information content (AvgIpc) is 3.03. The molecule has 0 unspecified atom stereocenters. The van der Waals surface area contributed by atoms with Crippen molar-refractivity contribution in [3.8, 4) is 0 Å². The highest BCUT2D eigenvalue weighted by atomic mass is 32.1. The second-order valence-electron chi connectivity index (χ2n) is 7.40. The lowest BCUT2D eigenvalue weighted by molar-refractivity contribution is -0.205. The minimum atomic E-state index is -0.193. The highest BCUT2D eigenvalue weighted by Gasteiger charge is 2.50. The summed E-state index contributed by atoms with van der Waals surface area (Å²) in [7, 11) is 0. The number of amides is 1. The van der Waals surface area contributed by atoms with E-state index < -0.39 is 0 Å². The summed E-state index contributed by atoms with van der Waals surface area (Å²) in [5.74, 6) is 0.410. The molecule has 0 radical (unpaired) electrons. The van der Waals surface area contributed by atoms with Gasteiger partial charge in [-0.25, -0.2) is 4.98 Å². The fourth-order valence-electron chi connectivity index (χ4n) is 4.03. The van der Waals surface area contributed by atoms with Crippen molar-refractivity contribution >= 4 is 17.2 Å². The maximum atomic E-state index is 12.6. The Bertz CT molecular complexity index is 608. The van der Waals surface area contributed by atoms with Crippen molar-refractivity contribution in [3.63, 3.8) is 0 Å². The topological polar surface area (TPSA) is 60.9 Å². The van der Waals surface area contributed by atoms with Crippen molar-refractivity contribution in [1.29, 1.82) is 0 Å². The van der Waals surface area contributed by atoms with Crippen molar-refractivity contribution in [2.45, 2.75) is 50.9 Å². The van der Waals surface area contributed by atoms with Crippen LogP contribution < -0.4 is 0 Å². The molecule has 4 heterocycles. The molecule has 0 aromatic carbocycles. The van der Waals surface area contributed by atoms with Crippen LogP contribution in [0.4, 0.5) is 0 Å². The fourth-order valence-corrected chi connectivity index (χ4v) is 4.63. The SMILES string of the molecule is Cc1nc(CO[C@@H]2CCOC3(C2)CN(C(=O)C2CCOCC2)C3)cs1. The number of thiazole rings is 1. The molecule has 1 atom stereocenters. The van der Waals surface area contributed by atoms with Gasteiger partial charge in [0.2, 0.25) is 5.91 Å². The van der Waals surface area contributed by atoms with Crippen molar-refractivity contribution in [3.05, 3.63) is 16.1 Å². The maximum Gasteiger partial charge on any atom is 0.226 e. The van der Waals surface area contributed by atoms with Crippen LogP contribution in [-0.4, -0.2) is 60.4 Å². The van der Waals surface area contributed by atoms with Crippen LogP contribution in [0.1, 0.15) is 36.4 Å².